The maximum atomic E-state index is 11.8. The number of rotatable bonds is 12. The number of alkyl carbamates (subject to hydrolysis) is 1. The van der Waals surface area contributed by atoms with Crippen molar-refractivity contribution < 1.29 is 19.1 Å². The molecule has 0 unspecified atom stereocenters. The highest BCUT2D eigenvalue weighted by atomic mass is 32.2. The van der Waals surface area contributed by atoms with Crippen molar-refractivity contribution in [2.45, 2.75) is 32.1 Å². The summed E-state index contributed by atoms with van der Waals surface area (Å²) >= 11 is 1.48. The van der Waals surface area contributed by atoms with Gasteiger partial charge in [0, 0.05) is 31.3 Å². The van der Waals surface area contributed by atoms with Crippen molar-refractivity contribution in [2.75, 3.05) is 57.9 Å². The number of nitrogens with zero attached hydrogens (tertiary/aromatic N) is 1. The molecular weight excluding hydrogens is 390 g/mol. The first kappa shape index (κ1) is 23.6. The molecule has 7 nitrogen and oxygen atoms in total. The van der Waals surface area contributed by atoms with Crippen LogP contribution >= 0.6 is 11.8 Å². The molecule has 2 aliphatic rings. The van der Waals surface area contributed by atoms with Crippen LogP contribution in [0.4, 0.5) is 4.79 Å². The SMILES string of the molecule is COC(=O)NCCSCC(=O)NCCCOC1=C[C](CN2CCCCC2)CC=C1. The molecule has 2 rings (SSSR count). The molecule has 0 aromatic carbocycles. The fraction of sp³-hybridized carbons (Fsp3) is 0.667. The zero-order valence-corrected chi connectivity index (χ0v) is 18.2. The molecule has 2 N–H and O–H groups in total. The van der Waals surface area contributed by atoms with Crippen LogP contribution in [0.25, 0.3) is 0 Å². The molecule has 1 heterocycles. The Hall–Kier alpha value is -1.67. The van der Waals surface area contributed by atoms with Crippen LogP contribution in [0, 0.1) is 5.92 Å². The monoisotopic (exact) mass is 424 g/mol. The van der Waals surface area contributed by atoms with Crippen molar-refractivity contribution >= 4 is 23.8 Å². The Balaban J connectivity index is 1.49. The van der Waals surface area contributed by atoms with Crippen molar-refractivity contribution in [3.8, 4) is 0 Å². The number of carbonyl (C=O) groups is 2. The fourth-order valence-electron chi connectivity index (χ4n) is 3.24. The normalized spacial score (nSPS) is 17.5. The predicted octanol–water partition coefficient (Wildman–Crippen LogP) is 2.50. The lowest BCUT2D eigenvalue weighted by Crippen LogP contribution is -2.33. The molecule has 163 valence electrons. The van der Waals surface area contributed by atoms with Crippen LogP contribution in [0.2, 0.25) is 0 Å². The average Bonchev–Trinajstić information content (AvgIpc) is 2.74. The van der Waals surface area contributed by atoms with Crippen LogP contribution in [0.15, 0.2) is 24.0 Å². The molecular formula is C21H34N3O4S. The quantitative estimate of drug-likeness (QED) is 0.469. The van der Waals surface area contributed by atoms with E-state index in [4.69, 9.17) is 4.74 Å². The first-order valence-corrected chi connectivity index (χ1v) is 11.6. The number of nitrogens with one attached hydrogen (secondary N) is 2. The third kappa shape index (κ3) is 10.6. The lowest BCUT2D eigenvalue weighted by atomic mass is 9.98. The summed E-state index contributed by atoms with van der Waals surface area (Å²) in [5.41, 5.74) is 0. The van der Waals surface area contributed by atoms with Crippen LogP contribution in [-0.2, 0) is 14.3 Å². The maximum absolute atomic E-state index is 11.8. The van der Waals surface area contributed by atoms with Gasteiger partial charge in [-0.2, -0.15) is 11.8 Å². The smallest absolute Gasteiger partial charge is 0.406 e. The highest BCUT2D eigenvalue weighted by Crippen LogP contribution is 2.22. The van der Waals surface area contributed by atoms with E-state index in [1.807, 2.05) is 6.08 Å². The second-order valence-corrected chi connectivity index (χ2v) is 8.28. The number of thioether (sulfide) groups is 1. The van der Waals surface area contributed by atoms with Crippen molar-refractivity contribution in [3.05, 3.63) is 29.9 Å². The Morgan fingerprint density at radius 2 is 2.00 bits per heavy atom. The molecule has 29 heavy (non-hydrogen) atoms. The summed E-state index contributed by atoms with van der Waals surface area (Å²) in [6.45, 7) is 5.12. The average molecular weight is 425 g/mol. The molecule has 8 heteroatoms. The van der Waals surface area contributed by atoms with Gasteiger partial charge in [-0.15, -0.1) is 0 Å². The van der Waals surface area contributed by atoms with Gasteiger partial charge in [-0.25, -0.2) is 4.79 Å². The largest absolute Gasteiger partial charge is 0.494 e. The van der Waals surface area contributed by atoms with Gasteiger partial charge in [0.1, 0.15) is 5.76 Å². The summed E-state index contributed by atoms with van der Waals surface area (Å²) in [7, 11) is 1.33. The summed E-state index contributed by atoms with van der Waals surface area (Å²) in [5, 5.41) is 5.47. The van der Waals surface area contributed by atoms with Crippen molar-refractivity contribution in [1.82, 2.24) is 15.5 Å². The first-order chi connectivity index (χ1) is 14.2. The van der Waals surface area contributed by atoms with Gasteiger partial charge in [0.25, 0.3) is 0 Å². The summed E-state index contributed by atoms with van der Waals surface area (Å²) in [6, 6.07) is 0. The molecule has 2 amide bonds. The second kappa shape index (κ2) is 14.3. The Morgan fingerprint density at radius 3 is 2.79 bits per heavy atom. The molecule has 0 atom stereocenters. The number of hydrogen-bond acceptors (Lipinski definition) is 6. The third-order valence-corrected chi connectivity index (χ3v) is 5.69. The molecule has 1 aliphatic carbocycles. The van der Waals surface area contributed by atoms with Gasteiger partial charge < -0.3 is 25.0 Å². The molecule has 0 aromatic heterocycles. The number of carbonyl (C=O) groups excluding carboxylic acids is 2. The lowest BCUT2D eigenvalue weighted by Gasteiger charge is -2.29. The Labute approximate surface area is 178 Å². The van der Waals surface area contributed by atoms with E-state index in [9.17, 15) is 9.59 Å². The molecule has 1 aliphatic heterocycles. The van der Waals surface area contributed by atoms with E-state index >= 15 is 0 Å². The van der Waals surface area contributed by atoms with Crippen LogP contribution in [-0.4, -0.2) is 74.8 Å². The van der Waals surface area contributed by atoms with E-state index in [0.717, 1.165) is 25.1 Å². The third-order valence-electron chi connectivity index (χ3n) is 4.73. The first-order valence-electron chi connectivity index (χ1n) is 10.4. The minimum absolute atomic E-state index is 0.00185. The number of likely N-dealkylation sites (tertiary alicyclic amines) is 1. The number of hydrogen-bond donors (Lipinski definition) is 2. The second-order valence-electron chi connectivity index (χ2n) is 7.17. The maximum Gasteiger partial charge on any atom is 0.406 e. The molecule has 1 saturated heterocycles. The van der Waals surface area contributed by atoms with Crippen LogP contribution in [0.1, 0.15) is 32.1 Å². The van der Waals surface area contributed by atoms with Crippen LogP contribution in [0.5, 0.6) is 0 Å². The zero-order chi connectivity index (χ0) is 20.7. The minimum atomic E-state index is -0.450. The number of piperidine rings is 1. The Morgan fingerprint density at radius 1 is 1.17 bits per heavy atom. The van der Waals surface area contributed by atoms with E-state index in [0.29, 0.717) is 31.2 Å². The van der Waals surface area contributed by atoms with Crippen molar-refractivity contribution in [1.29, 1.82) is 0 Å². The number of allylic oxidation sites excluding steroid dienone is 2. The Bertz CT molecular complexity index is 562. The number of ether oxygens (including phenoxy) is 2. The van der Waals surface area contributed by atoms with Gasteiger partial charge in [0.05, 0.1) is 19.5 Å². The Kier molecular flexibility index (Phi) is 11.7. The number of methoxy groups -OCH3 is 1. The highest BCUT2D eigenvalue weighted by Gasteiger charge is 2.17. The van der Waals surface area contributed by atoms with Crippen molar-refractivity contribution in [2.24, 2.45) is 0 Å². The van der Waals surface area contributed by atoms with Crippen LogP contribution < -0.4 is 10.6 Å². The lowest BCUT2D eigenvalue weighted by molar-refractivity contribution is -0.118. The van der Waals surface area contributed by atoms with E-state index in [2.05, 4.69) is 32.4 Å². The van der Waals surface area contributed by atoms with Crippen molar-refractivity contribution in [3.63, 3.8) is 0 Å². The minimum Gasteiger partial charge on any atom is -0.494 e. The molecule has 0 saturated carbocycles. The molecule has 0 aromatic rings. The summed E-state index contributed by atoms with van der Waals surface area (Å²) in [4.78, 5) is 25.2. The van der Waals surface area contributed by atoms with Gasteiger partial charge in [-0.3, -0.25) is 4.79 Å². The van der Waals surface area contributed by atoms with Gasteiger partial charge in [-0.05, 0) is 50.9 Å². The molecule has 0 spiro atoms. The summed E-state index contributed by atoms with van der Waals surface area (Å²) in [5.74, 6) is 3.39. The van der Waals surface area contributed by atoms with Gasteiger partial charge in [0.15, 0.2) is 0 Å². The molecule has 1 fully saturated rings. The van der Waals surface area contributed by atoms with Gasteiger partial charge >= 0.3 is 6.09 Å². The topological polar surface area (TPSA) is 79.9 Å². The summed E-state index contributed by atoms with van der Waals surface area (Å²) < 4.78 is 10.3. The van der Waals surface area contributed by atoms with Crippen LogP contribution in [0.3, 0.4) is 0 Å². The van der Waals surface area contributed by atoms with E-state index in [-0.39, 0.29) is 5.91 Å². The van der Waals surface area contributed by atoms with E-state index in [1.165, 1.54) is 57.1 Å². The van der Waals surface area contributed by atoms with Gasteiger partial charge in [-0.1, -0.05) is 12.5 Å². The number of amides is 2. The summed E-state index contributed by atoms with van der Waals surface area (Å²) in [6.07, 6.45) is 11.7. The van der Waals surface area contributed by atoms with Gasteiger partial charge in [0.2, 0.25) is 5.91 Å². The predicted molar refractivity (Wildman–Crippen MR) is 117 cm³/mol. The fourth-order valence-corrected chi connectivity index (χ4v) is 3.92. The molecule has 0 bridgehead atoms. The van der Waals surface area contributed by atoms with E-state index in [1.54, 1.807) is 0 Å². The highest BCUT2D eigenvalue weighted by molar-refractivity contribution is 7.99. The molecule has 1 radical (unpaired) electrons. The van der Waals surface area contributed by atoms with E-state index < -0.39 is 6.09 Å². The zero-order valence-electron chi connectivity index (χ0n) is 17.4. The standard InChI is InChI=1S/C21H34N3O4S/c1-27-21(26)23-10-14-29-17-20(25)22-9-6-13-28-19-8-5-7-18(15-19)16-24-11-3-2-4-12-24/h5,8,15H,2-4,6-7,9-14,16-17H2,1H3,(H,22,25)(H,23,26).